The summed E-state index contributed by atoms with van der Waals surface area (Å²) in [6.45, 7) is 1.50. The third-order valence-electron chi connectivity index (χ3n) is 7.09. The summed E-state index contributed by atoms with van der Waals surface area (Å²) in [5.74, 6) is -0.732. The lowest BCUT2D eigenvalue weighted by atomic mass is 10.1. The van der Waals surface area contributed by atoms with Crippen LogP contribution in [0.15, 0.2) is 42.5 Å². The minimum absolute atomic E-state index is 0.00438. The normalized spacial score (nSPS) is 15.0. The maximum atomic E-state index is 13.6. The second kappa shape index (κ2) is 14.1. The third kappa shape index (κ3) is 8.99. The van der Waals surface area contributed by atoms with Crippen LogP contribution >= 0.6 is 23.2 Å². The molecule has 1 aliphatic rings. The summed E-state index contributed by atoms with van der Waals surface area (Å²) in [5.41, 5.74) is -0.670. The number of amides is 2. The van der Waals surface area contributed by atoms with Gasteiger partial charge in [0.2, 0.25) is 21.8 Å². The molecule has 2 aromatic carbocycles. The number of hydrogen-bond donors (Lipinski definition) is 1. The second-order valence-electron chi connectivity index (χ2n) is 10.1. The number of carbonyl (C=O) groups excluding carboxylic acids is 2. The minimum atomic E-state index is -4.65. The molecule has 1 saturated carbocycles. The molecule has 2 amide bonds. The van der Waals surface area contributed by atoms with Crippen molar-refractivity contribution in [2.75, 3.05) is 17.1 Å². The Kier molecular flexibility index (Phi) is 11.4. The monoisotopic (exact) mass is 635 g/mol. The molecule has 0 radical (unpaired) electrons. The molecule has 0 aromatic heterocycles. The highest BCUT2D eigenvalue weighted by Crippen LogP contribution is 2.32. The van der Waals surface area contributed by atoms with E-state index in [1.54, 1.807) is 25.1 Å². The van der Waals surface area contributed by atoms with Gasteiger partial charge in [-0.1, -0.05) is 55.1 Å². The number of nitrogens with zero attached hydrogens (tertiary/aromatic N) is 2. The largest absolute Gasteiger partial charge is 0.416 e. The third-order valence-corrected chi connectivity index (χ3v) is 8.99. The number of halogens is 5. The molecule has 0 aliphatic heterocycles. The fourth-order valence-electron chi connectivity index (χ4n) is 4.98. The van der Waals surface area contributed by atoms with E-state index in [1.165, 1.54) is 11.0 Å². The Bertz CT molecular complexity index is 1310. The van der Waals surface area contributed by atoms with Crippen molar-refractivity contribution < 1.29 is 31.2 Å². The van der Waals surface area contributed by atoms with Crippen LogP contribution in [0.5, 0.6) is 0 Å². The lowest BCUT2D eigenvalue weighted by Crippen LogP contribution is -2.51. The van der Waals surface area contributed by atoms with Gasteiger partial charge in [0.05, 0.1) is 17.5 Å². The van der Waals surface area contributed by atoms with Gasteiger partial charge in [0.15, 0.2) is 0 Å². The van der Waals surface area contributed by atoms with Crippen molar-refractivity contribution >= 4 is 50.7 Å². The molecule has 1 N–H and O–H groups in total. The zero-order chi connectivity index (χ0) is 30.4. The molecule has 1 atom stereocenters. The number of hydrogen-bond acceptors (Lipinski definition) is 4. The summed E-state index contributed by atoms with van der Waals surface area (Å²) in [6, 6.07) is 8.14. The summed E-state index contributed by atoms with van der Waals surface area (Å²) in [7, 11) is -3.96. The van der Waals surface area contributed by atoms with Gasteiger partial charge >= 0.3 is 6.18 Å². The molecule has 0 unspecified atom stereocenters. The lowest BCUT2D eigenvalue weighted by molar-refractivity contribution is -0.141. The number of alkyl halides is 3. The van der Waals surface area contributed by atoms with Crippen molar-refractivity contribution in [3.63, 3.8) is 0 Å². The Morgan fingerprint density at radius 3 is 2.24 bits per heavy atom. The highest BCUT2D eigenvalue weighted by molar-refractivity contribution is 7.92. The SMILES string of the molecule is CC[C@H](C(=O)NC1CCCC1)N(Cc1c(Cl)cccc1Cl)C(=O)CCCN(c1cccc(C(F)(F)F)c1)S(C)(=O)=O. The molecule has 41 heavy (non-hydrogen) atoms. The van der Waals surface area contributed by atoms with Crippen LogP contribution in [-0.4, -0.2) is 50.0 Å². The molecule has 13 heteroatoms. The van der Waals surface area contributed by atoms with Crippen LogP contribution in [0, 0.1) is 0 Å². The van der Waals surface area contributed by atoms with E-state index in [2.05, 4.69) is 5.32 Å². The van der Waals surface area contributed by atoms with Crippen molar-refractivity contribution in [1.82, 2.24) is 10.2 Å². The molecule has 3 rings (SSSR count). The Morgan fingerprint density at radius 1 is 1.07 bits per heavy atom. The molecule has 1 fully saturated rings. The van der Waals surface area contributed by atoms with E-state index in [0.717, 1.165) is 54.4 Å². The smallest absolute Gasteiger partial charge is 0.352 e. The van der Waals surface area contributed by atoms with Gasteiger partial charge in [-0.25, -0.2) is 8.42 Å². The van der Waals surface area contributed by atoms with E-state index in [9.17, 15) is 31.2 Å². The fourth-order valence-corrected chi connectivity index (χ4v) is 6.46. The van der Waals surface area contributed by atoms with Gasteiger partial charge in [0.25, 0.3) is 0 Å². The Morgan fingerprint density at radius 2 is 1.68 bits per heavy atom. The number of anilines is 1. The van der Waals surface area contributed by atoms with E-state index in [1.807, 2.05) is 0 Å². The molecule has 0 heterocycles. The highest BCUT2D eigenvalue weighted by atomic mass is 35.5. The van der Waals surface area contributed by atoms with Crippen molar-refractivity contribution in [2.24, 2.45) is 0 Å². The van der Waals surface area contributed by atoms with E-state index in [4.69, 9.17) is 23.2 Å². The van der Waals surface area contributed by atoms with Gasteiger partial charge in [-0.05, 0) is 56.0 Å². The first kappa shape index (κ1) is 33.0. The predicted molar refractivity (Wildman–Crippen MR) is 154 cm³/mol. The van der Waals surface area contributed by atoms with Crippen molar-refractivity contribution in [3.05, 3.63) is 63.6 Å². The molecule has 0 spiro atoms. The topological polar surface area (TPSA) is 86.8 Å². The standard InChI is InChI=1S/C28H34Cl2F3N3O4S/c1-3-25(27(38)34-20-10-4-5-11-20)35(18-22-23(29)13-7-14-24(22)30)26(37)15-8-16-36(41(2,39)40)21-12-6-9-19(17-21)28(31,32)33/h6-7,9,12-14,17,20,25H,3-5,8,10-11,15-16,18H2,1-2H3,(H,34,38)/t25-/m1/s1. The Balaban J connectivity index is 1.82. The molecule has 7 nitrogen and oxygen atoms in total. The zero-order valence-electron chi connectivity index (χ0n) is 22.9. The van der Waals surface area contributed by atoms with E-state index < -0.39 is 33.7 Å². The van der Waals surface area contributed by atoms with Gasteiger partial charge in [0, 0.05) is 41.2 Å². The minimum Gasteiger partial charge on any atom is -0.352 e. The van der Waals surface area contributed by atoms with Gasteiger partial charge in [-0.2, -0.15) is 13.2 Å². The first-order chi connectivity index (χ1) is 19.2. The molecular weight excluding hydrogens is 602 g/mol. The van der Waals surface area contributed by atoms with E-state index >= 15 is 0 Å². The maximum Gasteiger partial charge on any atom is 0.416 e. The number of benzene rings is 2. The number of nitrogens with one attached hydrogen (secondary N) is 1. The van der Waals surface area contributed by atoms with Crippen LogP contribution in [0.2, 0.25) is 10.0 Å². The fraction of sp³-hybridized carbons (Fsp3) is 0.500. The van der Waals surface area contributed by atoms with Crippen molar-refractivity contribution in [3.8, 4) is 0 Å². The van der Waals surface area contributed by atoms with Gasteiger partial charge in [-0.3, -0.25) is 13.9 Å². The molecular formula is C28H34Cl2F3N3O4S. The van der Waals surface area contributed by atoms with Gasteiger partial charge < -0.3 is 10.2 Å². The summed E-state index contributed by atoms with van der Waals surface area (Å²) < 4.78 is 65.6. The first-order valence-corrected chi connectivity index (χ1v) is 16.0. The van der Waals surface area contributed by atoms with Crippen LogP contribution in [0.1, 0.15) is 63.0 Å². The zero-order valence-corrected chi connectivity index (χ0v) is 25.2. The lowest BCUT2D eigenvalue weighted by Gasteiger charge is -2.32. The predicted octanol–water partition coefficient (Wildman–Crippen LogP) is 6.42. The van der Waals surface area contributed by atoms with E-state index in [0.29, 0.717) is 22.0 Å². The first-order valence-electron chi connectivity index (χ1n) is 13.4. The molecule has 1 aliphatic carbocycles. The Hall–Kier alpha value is -2.50. The number of sulfonamides is 1. The average molecular weight is 637 g/mol. The molecule has 0 bridgehead atoms. The van der Waals surface area contributed by atoms with Gasteiger partial charge in [0.1, 0.15) is 6.04 Å². The van der Waals surface area contributed by atoms with Gasteiger partial charge in [-0.15, -0.1) is 0 Å². The Labute approximate surface area is 249 Å². The maximum absolute atomic E-state index is 13.6. The van der Waals surface area contributed by atoms with E-state index in [-0.39, 0.29) is 43.6 Å². The van der Waals surface area contributed by atoms with Crippen LogP contribution in [0.25, 0.3) is 0 Å². The summed E-state index contributed by atoms with van der Waals surface area (Å²) >= 11 is 12.8. The molecule has 226 valence electrons. The number of carbonyl (C=O) groups is 2. The van der Waals surface area contributed by atoms with Crippen LogP contribution < -0.4 is 9.62 Å². The highest BCUT2D eigenvalue weighted by Gasteiger charge is 2.33. The second-order valence-corrected chi connectivity index (χ2v) is 12.8. The molecule has 2 aromatic rings. The van der Waals surface area contributed by atoms with Crippen LogP contribution in [0.4, 0.5) is 18.9 Å². The number of rotatable bonds is 12. The van der Waals surface area contributed by atoms with Crippen molar-refractivity contribution in [2.45, 2.75) is 76.7 Å². The average Bonchev–Trinajstić information content (AvgIpc) is 3.40. The summed E-state index contributed by atoms with van der Waals surface area (Å²) in [6.07, 6.45) is 0.143. The molecule has 0 saturated heterocycles. The van der Waals surface area contributed by atoms with Crippen LogP contribution in [0.3, 0.4) is 0 Å². The quantitative estimate of drug-likeness (QED) is 0.291. The van der Waals surface area contributed by atoms with Crippen LogP contribution in [-0.2, 0) is 32.3 Å². The van der Waals surface area contributed by atoms with Crippen molar-refractivity contribution in [1.29, 1.82) is 0 Å². The summed E-state index contributed by atoms with van der Waals surface area (Å²) in [4.78, 5) is 28.3. The summed E-state index contributed by atoms with van der Waals surface area (Å²) in [5, 5.41) is 3.69.